The number of rotatable bonds is 6. The molecule has 3 rings (SSSR count). The van der Waals surface area contributed by atoms with Crippen LogP contribution in [-0.2, 0) is 0 Å². The zero-order valence-electron chi connectivity index (χ0n) is 14.9. The first kappa shape index (κ1) is 18.9. The highest BCUT2D eigenvalue weighted by atomic mass is 32.2. The van der Waals surface area contributed by atoms with E-state index in [1.54, 1.807) is 44.4 Å². The van der Waals surface area contributed by atoms with Crippen LogP contribution in [0.4, 0.5) is 5.69 Å². The Labute approximate surface area is 162 Å². The molecule has 1 saturated heterocycles. The number of thioether (sulfide) groups is 1. The number of amides is 1. The number of carbonyl (C=O) groups excluding carboxylic acids is 1. The van der Waals surface area contributed by atoms with Crippen LogP contribution in [-0.4, -0.2) is 49.0 Å². The first-order valence-corrected chi connectivity index (χ1v) is 10.3. The molecule has 0 radical (unpaired) electrons. The number of hydrogen-bond donors (Lipinski definition) is 1. The summed E-state index contributed by atoms with van der Waals surface area (Å²) in [6.07, 6.45) is 0. The van der Waals surface area contributed by atoms with Gasteiger partial charge in [0.25, 0.3) is 5.91 Å². The smallest absolute Gasteiger partial charge is 0.255 e. The van der Waals surface area contributed by atoms with E-state index in [0.717, 1.165) is 18.8 Å². The van der Waals surface area contributed by atoms with Crippen molar-refractivity contribution < 1.29 is 14.3 Å². The predicted molar refractivity (Wildman–Crippen MR) is 109 cm³/mol. The van der Waals surface area contributed by atoms with E-state index in [2.05, 4.69) is 9.62 Å². The van der Waals surface area contributed by atoms with Gasteiger partial charge in [-0.05, 0) is 54.4 Å². The molecule has 138 valence electrons. The maximum atomic E-state index is 12.5. The molecule has 0 saturated carbocycles. The summed E-state index contributed by atoms with van der Waals surface area (Å²) < 4.78 is 12.8. The molecule has 0 unspecified atom stereocenters. The van der Waals surface area contributed by atoms with Crippen molar-refractivity contribution in [2.75, 3.05) is 44.1 Å². The molecular weight excluding hydrogens is 368 g/mol. The fourth-order valence-electron chi connectivity index (χ4n) is 2.57. The summed E-state index contributed by atoms with van der Waals surface area (Å²) in [5, 5.41) is 2.92. The van der Waals surface area contributed by atoms with Crippen LogP contribution in [0.5, 0.6) is 11.5 Å². The highest BCUT2D eigenvalue weighted by Gasteiger charge is 2.13. The number of nitrogens with zero attached hydrogens (tertiary/aromatic N) is 1. The third-order valence-corrected chi connectivity index (χ3v) is 6.01. The van der Waals surface area contributed by atoms with Gasteiger partial charge in [0.15, 0.2) is 11.5 Å². The van der Waals surface area contributed by atoms with E-state index >= 15 is 0 Å². The first-order valence-electron chi connectivity index (χ1n) is 8.33. The van der Waals surface area contributed by atoms with Gasteiger partial charge >= 0.3 is 0 Å². The van der Waals surface area contributed by atoms with Gasteiger partial charge in [-0.25, -0.2) is 4.31 Å². The highest BCUT2D eigenvalue weighted by Crippen LogP contribution is 2.29. The average molecular weight is 391 g/mol. The molecule has 1 amide bonds. The van der Waals surface area contributed by atoms with Gasteiger partial charge in [0.05, 0.1) is 14.2 Å². The lowest BCUT2D eigenvalue weighted by Gasteiger charge is -2.24. The van der Waals surface area contributed by atoms with Gasteiger partial charge in [0, 0.05) is 40.7 Å². The van der Waals surface area contributed by atoms with E-state index in [1.165, 1.54) is 16.4 Å². The Morgan fingerprint density at radius 3 is 2.38 bits per heavy atom. The van der Waals surface area contributed by atoms with Crippen LogP contribution < -0.4 is 14.8 Å². The summed E-state index contributed by atoms with van der Waals surface area (Å²) in [4.78, 5) is 13.6. The molecule has 5 nitrogen and oxygen atoms in total. The van der Waals surface area contributed by atoms with Crippen LogP contribution in [0, 0.1) is 0 Å². The van der Waals surface area contributed by atoms with E-state index in [-0.39, 0.29) is 5.91 Å². The van der Waals surface area contributed by atoms with Gasteiger partial charge in [-0.15, -0.1) is 0 Å². The van der Waals surface area contributed by atoms with Gasteiger partial charge in [-0.1, -0.05) is 0 Å². The number of hydrogen-bond acceptors (Lipinski definition) is 6. The Balaban J connectivity index is 1.62. The lowest BCUT2D eigenvalue weighted by Crippen LogP contribution is -2.26. The molecule has 2 aromatic carbocycles. The van der Waals surface area contributed by atoms with Gasteiger partial charge in [0.1, 0.15) is 0 Å². The third-order valence-electron chi connectivity index (χ3n) is 3.96. The standard InChI is InChI=1S/C19H22N2O3S2/c1-23-17-8-3-14(13-18(17)24-2)19(22)20-15-4-6-16(7-5-15)26-21-9-11-25-12-10-21/h3-8,13H,9-12H2,1-2H3,(H,20,22). The molecule has 1 aliphatic rings. The minimum Gasteiger partial charge on any atom is -0.493 e. The molecule has 1 N–H and O–H groups in total. The number of benzene rings is 2. The Morgan fingerprint density at radius 1 is 1.04 bits per heavy atom. The number of anilines is 1. The maximum absolute atomic E-state index is 12.5. The SMILES string of the molecule is COc1ccc(C(=O)Nc2ccc(SN3CCSCC3)cc2)cc1OC. The molecule has 2 aromatic rings. The van der Waals surface area contributed by atoms with Crippen molar-refractivity contribution in [2.24, 2.45) is 0 Å². The molecule has 26 heavy (non-hydrogen) atoms. The second kappa shape index (κ2) is 9.21. The van der Waals surface area contributed by atoms with Crippen LogP contribution in [0.25, 0.3) is 0 Å². The summed E-state index contributed by atoms with van der Waals surface area (Å²) in [5.41, 5.74) is 1.29. The van der Waals surface area contributed by atoms with Crippen molar-refractivity contribution in [2.45, 2.75) is 4.90 Å². The van der Waals surface area contributed by atoms with E-state index in [1.807, 2.05) is 36.0 Å². The van der Waals surface area contributed by atoms with Crippen LogP contribution >= 0.6 is 23.7 Å². The van der Waals surface area contributed by atoms with Gasteiger partial charge in [0.2, 0.25) is 0 Å². The van der Waals surface area contributed by atoms with Crippen molar-refractivity contribution in [3.63, 3.8) is 0 Å². The van der Waals surface area contributed by atoms with Crippen molar-refractivity contribution >= 4 is 35.3 Å². The monoisotopic (exact) mass is 390 g/mol. The van der Waals surface area contributed by atoms with Crippen molar-refractivity contribution in [1.82, 2.24) is 4.31 Å². The summed E-state index contributed by atoms with van der Waals surface area (Å²) in [6, 6.07) is 13.1. The zero-order valence-corrected chi connectivity index (χ0v) is 16.5. The summed E-state index contributed by atoms with van der Waals surface area (Å²) >= 11 is 3.78. The second-order valence-electron chi connectivity index (χ2n) is 5.68. The van der Waals surface area contributed by atoms with E-state index in [4.69, 9.17) is 9.47 Å². The highest BCUT2D eigenvalue weighted by molar-refractivity contribution is 8.00. The Hall–Kier alpha value is -1.83. The average Bonchev–Trinajstić information content (AvgIpc) is 2.69. The number of methoxy groups -OCH3 is 2. The number of nitrogens with one attached hydrogen (secondary N) is 1. The van der Waals surface area contributed by atoms with Gasteiger partial charge < -0.3 is 14.8 Å². The molecule has 0 aromatic heterocycles. The Morgan fingerprint density at radius 2 is 1.73 bits per heavy atom. The van der Waals surface area contributed by atoms with Crippen molar-refractivity contribution in [3.05, 3.63) is 48.0 Å². The Kier molecular flexibility index (Phi) is 6.71. The first-order chi connectivity index (χ1) is 12.7. The van der Waals surface area contributed by atoms with Crippen LogP contribution in [0.3, 0.4) is 0 Å². The fraction of sp³-hybridized carbons (Fsp3) is 0.316. The predicted octanol–water partition coefficient (Wildman–Crippen LogP) is 4.01. The second-order valence-corrected chi connectivity index (χ2v) is 8.08. The minimum absolute atomic E-state index is 0.181. The van der Waals surface area contributed by atoms with E-state index < -0.39 is 0 Å². The minimum atomic E-state index is -0.181. The Bertz CT molecular complexity index is 747. The van der Waals surface area contributed by atoms with E-state index in [9.17, 15) is 4.79 Å². The van der Waals surface area contributed by atoms with Crippen LogP contribution in [0.1, 0.15) is 10.4 Å². The third kappa shape index (κ3) is 4.87. The topological polar surface area (TPSA) is 50.8 Å². The van der Waals surface area contributed by atoms with E-state index in [0.29, 0.717) is 17.1 Å². The molecular formula is C19H22N2O3S2. The van der Waals surface area contributed by atoms with Gasteiger partial charge in [-0.2, -0.15) is 11.8 Å². The molecule has 7 heteroatoms. The quantitative estimate of drug-likeness (QED) is 0.752. The summed E-state index contributed by atoms with van der Waals surface area (Å²) in [6.45, 7) is 2.21. The summed E-state index contributed by atoms with van der Waals surface area (Å²) in [5.74, 6) is 3.33. The van der Waals surface area contributed by atoms with Crippen molar-refractivity contribution in [1.29, 1.82) is 0 Å². The lowest BCUT2D eigenvalue weighted by molar-refractivity contribution is 0.102. The molecule has 1 heterocycles. The number of carbonyl (C=O) groups is 1. The molecule has 0 bridgehead atoms. The van der Waals surface area contributed by atoms with Crippen molar-refractivity contribution in [3.8, 4) is 11.5 Å². The van der Waals surface area contributed by atoms with Crippen LogP contribution in [0.2, 0.25) is 0 Å². The maximum Gasteiger partial charge on any atom is 0.255 e. The molecule has 0 spiro atoms. The lowest BCUT2D eigenvalue weighted by atomic mass is 10.2. The molecule has 0 aliphatic carbocycles. The van der Waals surface area contributed by atoms with Crippen LogP contribution in [0.15, 0.2) is 47.4 Å². The zero-order chi connectivity index (χ0) is 18.4. The fourth-order valence-corrected chi connectivity index (χ4v) is 4.62. The molecule has 0 atom stereocenters. The largest absolute Gasteiger partial charge is 0.493 e. The molecule has 1 fully saturated rings. The number of ether oxygens (including phenoxy) is 2. The molecule has 1 aliphatic heterocycles. The van der Waals surface area contributed by atoms with Gasteiger partial charge in [-0.3, -0.25) is 4.79 Å². The summed E-state index contributed by atoms with van der Waals surface area (Å²) in [7, 11) is 3.12. The normalized spacial score (nSPS) is 14.7.